The molecule has 0 fully saturated rings. The van der Waals surface area contributed by atoms with Crippen LogP contribution in [-0.2, 0) is 22.6 Å². The number of aromatic nitrogens is 3. The maximum absolute atomic E-state index is 13.5. The Balaban J connectivity index is 1.62. The van der Waals surface area contributed by atoms with Crippen molar-refractivity contribution in [2.75, 3.05) is 11.5 Å². The van der Waals surface area contributed by atoms with Crippen molar-refractivity contribution in [1.82, 2.24) is 15.0 Å². The van der Waals surface area contributed by atoms with E-state index in [2.05, 4.69) is 44.7 Å². The van der Waals surface area contributed by atoms with Gasteiger partial charge >= 0.3 is 5.97 Å². The van der Waals surface area contributed by atoms with Gasteiger partial charge in [-0.1, -0.05) is 47.4 Å². The second kappa shape index (κ2) is 15.2. The minimum Gasteiger partial charge on any atom is -0.491 e. The number of H-pyrrole nitrogens is 1. The molecule has 0 unspecified atom stereocenters. The van der Waals surface area contributed by atoms with E-state index in [1.807, 2.05) is 44.2 Å². The van der Waals surface area contributed by atoms with E-state index in [9.17, 15) is 9.59 Å². The maximum atomic E-state index is 13.5. The highest BCUT2D eigenvalue weighted by molar-refractivity contribution is 9.10. The Morgan fingerprint density at radius 3 is 2.57 bits per heavy atom. The predicted octanol–water partition coefficient (Wildman–Crippen LogP) is 7.70. The average Bonchev–Trinajstić information content (AvgIpc) is 3.43. The summed E-state index contributed by atoms with van der Waals surface area (Å²) >= 11 is 10.2. The SMILES string of the molecule is CC(C)CCC(=O)N(Cc1cnc(-c2ncccc2Cc2cc(Br)ccc2OCC(=O)O)[nH]1)c1ccc(OC(C)C)cc1Cl. The van der Waals surface area contributed by atoms with E-state index >= 15 is 0 Å². The van der Waals surface area contributed by atoms with E-state index in [-0.39, 0.29) is 18.6 Å². The lowest BCUT2D eigenvalue weighted by Crippen LogP contribution is -2.31. The first kappa shape index (κ1) is 33.0. The number of aromatic amines is 1. The average molecular weight is 684 g/mol. The lowest BCUT2D eigenvalue weighted by Gasteiger charge is -2.24. The van der Waals surface area contributed by atoms with Crippen molar-refractivity contribution >= 4 is 45.1 Å². The van der Waals surface area contributed by atoms with Gasteiger partial charge in [-0.2, -0.15) is 0 Å². The summed E-state index contributed by atoms with van der Waals surface area (Å²) in [6.45, 7) is 7.84. The second-order valence-corrected chi connectivity index (χ2v) is 12.4. The van der Waals surface area contributed by atoms with Crippen LogP contribution < -0.4 is 14.4 Å². The van der Waals surface area contributed by atoms with Crippen LogP contribution in [0, 0.1) is 5.92 Å². The third-order valence-corrected chi connectivity index (χ3v) is 7.44. The number of anilines is 1. The van der Waals surface area contributed by atoms with Crippen LogP contribution in [0.25, 0.3) is 11.5 Å². The zero-order valence-electron chi connectivity index (χ0n) is 25.1. The number of rotatable bonds is 14. The first-order chi connectivity index (χ1) is 21.0. The molecule has 0 aliphatic rings. The number of carbonyl (C=O) groups is 2. The first-order valence-electron chi connectivity index (χ1n) is 14.4. The zero-order chi connectivity index (χ0) is 31.8. The van der Waals surface area contributed by atoms with Crippen molar-refractivity contribution in [2.24, 2.45) is 5.92 Å². The molecule has 0 atom stereocenters. The van der Waals surface area contributed by atoms with Gasteiger partial charge in [-0.25, -0.2) is 9.78 Å². The van der Waals surface area contributed by atoms with E-state index in [1.54, 1.807) is 35.5 Å². The van der Waals surface area contributed by atoms with Gasteiger partial charge in [0.2, 0.25) is 5.91 Å². The number of nitrogens with zero attached hydrogens (tertiary/aromatic N) is 3. The molecule has 0 spiro atoms. The van der Waals surface area contributed by atoms with Crippen LogP contribution in [-0.4, -0.2) is 44.6 Å². The summed E-state index contributed by atoms with van der Waals surface area (Å²) in [5.74, 6) is 0.928. The zero-order valence-corrected chi connectivity index (χ0v) is 27.5. The van der Waals surface area contributed by atoms with E-state index in [0.29, 0.717) is 58.2 Å². The first-order valence-corrected chi connectivity index (χ1v) is 15.5. The number of pyridine rings is 1. The molecule has 2 aromatic carbocycles. The number of hydrogen-bond donors (Lipinski definition) is 2. The molecule has 11 heteroatoms. The Kier molecular flexibility index (Phi) is 11.4. The topological polar surface area (TPSA) is 118 Å². The van der Waals surface area contributed by atoms with Gasteiger partial charge in [-0.15, -0.1) is 0 Å². The Morgan fingerprint density at radius 1 is 1.07 bits per heavy atom. The molecule has 0 radical (unpaired) electrons. The summed E-state index contributed by atoms with van der Waals surface area (Å²) < 4.78 is 12.2. The standard InChI is InChI=1S/C33H36BrClN4O5/c1-20(2)7-12-30(40)39(28-10-9-26(16-27(28)35)44-21(3)4)18-25-17-37-33(38-25)32-22(6-5-13-36-32)14-23-15-24(34)8-11-29(23)43-19-31(41)42/h5-6,8-11,13,15-17,20-21H,7,12,14,18-19H2,1-4H3,(H,37,38)(H,41,42). The number of carboxylic acid groups (broad SMARTS) is 1. The molecule has 232 valence electrons. The maximum Gasteiger partial charge on any atom is 0.341 e. The lowest BCUT2D eigenvalue weighted by molar-refractivity contribution is -0.139. The smallest absolute Gasteiger partial charge is 0.341 e. The van der Waals surface area contributed by atoms with Crippen molar-refractivity contribution in [3.8, 4) is 23.0 Å². The number of carbonyl (C=O) groups excluding carboxylic acids is 1. The number of carboxylic acids is 1. The van der Waals surface area contributed by atoms with Gasteiger partial charge in [0.15, 0.2) is 12.4 Å². The molecular formula is C33H36BrClN4O5. The van der Waals surface area contributed by atoms with Gasteiger partial charge in [0.05, 0.1) is 35.2 Å². The van der Waals surface area contributed by atoms with Crippen LogP contribution in [0.4, 0.5) is 5.69 Å². The quantitative estimate of drug-likeness (QED) is 0.140. The highest BCUT2D eigenvalue weighted by Gasteiger charge is 2.22. The number of hydrogen-bond acceptors (Lipinski definition) is 6. The molecule has 0 aliphatic carbocycles. The van der Waals surface area contributed by atoms with Gasteiger partial charge in [-0.05, 0) is 73.7 Å². The Bertz CT molecular complexity index is 1610. The van der Waals surface area contributed by atoms with E-state index in [1.165, 1.54) is 0 Å². The van der Waals surface area contributed by atoms with Gasteiger partial charge in [0, 0.05) is 29.6 Å². The van der Waals surface area contributed by atoms with Gasteiger partial charge in [0.25, 0.3) is 0 Å². The molecule has 0 saturated carbocycles. The van der Waals surface area contributed by atoms with Crippen molar-refractivity contribution in [2.45, 2.75) is 59.6 Å². The summed E-state index contributed by atoms with van der Waals surface area (Å²) in [6, 6.07) is 14.6. The molecule has 2 N–H and O–H groups in total. The van der Waals surface area contributed by atoms with E-state index < -0.39 is 12.6 Å². The summed E-state index contributed by atoms with van der Waals surface area (Å²) in [6.07, 6.45) is 4.93. The minimum atomic E-state index is -1.05. The Labute approximate surface area is 270 Å². The number of amides is 1. The van der Waals surface area contributed by atoms with Crippen molar-refractivity contribution in [3.05, 3.63) is 87.2 Å². The Morgan fingerprint density at radius 2 is 1.86 bits per heavy atom. The van der Waals surface area contributed by atoms with Gasteiger partial charge < -0.3 is 24.5 Å². The molecule has 44 heavy (non-hydrogen) atoms. The van der Waals surface area contributed by atoms with Crippen molar-refractivity contribution in [1.29, 1.82) is 0 Å². The summed E-state index contributed by atoms with van der Waals surface area (Å²) in [7, 11) is 0. The Hall–Kier alpha value is -3.89. The third-order valence-electron chi connectivity index (χ3n) is 6.65. The summed E-state index contributed by atoms with van der Waals surface area (Å²) in [4.78, 5) is 38.8. The molecule has 9 nitrogen and oxygen atoms in total. The fourth-order valence-electron chi connectivity index (χ4n) is 4.60. The van der Waals surface area contributed by atoms with Crippen LogP contribution in [0.15, 0.2) is 65.4 Å². The molecule has 4 aromatic rings. The van der Waals surface area contributed by atoms with E-state index in [4.69, 9.17) is 26.2 Å². The molecular weight excluding hydrogens is 648 g/mol. The molecule has 2 heterocycles. The minimum absolute atomic E-state index is 0.00661. The van der Waals surface area contributed by atoms with Gasteiger partial charge in [-0.3, -0.25) is 9.78 Å². The van der Waals surface area contributed by atoms with Crippen LogP contribution in [0.3, 0.4) is 0 Å². The van der Waals surface area contributed by atoms with Crippen LogP contribution >= 0.6 is 27.5 Å². The number of ether oxygens (including phenoxy) is 2. The predicted molar refractivity (Wildman–Crippen MR) is 174 cm³/mol. The number of imidazole rings is 1. The fraction of sp³-hybridized carbons (Fsp3) is 0.333. The molecule has 0 saturated heterocycles. The number of aliphatic carboxylic acids is 1. The monoisotopic (exact) mass is 682 g/mol. The molecule has 4 rings (SSSR count). The van der Waals surface area contributed by atoms with Crippen molar-refractivity contribution < 1.29 is 24.2 Å². The lowest BCUT2D eigenvalue weighted by atomic mass is 10.0. The number of benzene rings is 2. The van der Waals surface area contributed by atoms with Gasteiger partial charge in [0.1, 0.15) is 17.2 Å². The largest absolute Gasteiger partial charge is 0.491 e. The normalized spacial score (nSPS) is 11.2. The summed E-state index contributed by atoms with van der Waals surface area (Å²) in [5.41, 5.74) is 3.59. The molecule has 2 aromatic heterocycles. The summed E-state index contributed by atoms with van der Waals surface area (Å²) in [5, 5.41) is 9.51. The highest BCUT2D eigenvalue weighted by atomic mass is 79.9. The molecule has 0 bridgehead atoms. The van der Waals surface area contributed by atoms with Crippen molar-refractivity contribution in [3.63, 3.8) is 0 Å². The van der Waals surface area contributed by atoms with Crippen LogP contribution in [0.2, 0.25) is 5.02 Å². The second-order valence-electron chi connectivity index (χ2n) is 11.1. The number of halogens is 2. The molecule has 1 amide bonds. The molecule has 0 aliphatic heterocycles. The fourth-order valence-corrected chi connectivity index (χ4v) is 5.28. The van der Waals surface area contributed by atoms with Crippen LogP contribution in [0.5, 0.6) is 11.5 Å². The van der Waals surface area contributed by atoms with E-state index in [0.717, 1.165) is 22.0 Å². The van der Waals surface area contributed by atoms with Crippen LogP contribution in [0.1, 0.15) is 57.4 Å². The third kappa shape index (κ3) is 9.06. The number of nitrogens with one attached hydrogen (secondary N) is 1. The highest BCUT2D eigenvalue weighted by Crippen LogP contribution is 2.33.